The first-order valence-corrected chi connectivity index (χ1v) is 5.01. The van der Waals surface area contributed by atoms with E-state index >= 15 is 0 Å². The molecule has 1 aromatic rings. The maximum absolute atomic E-state index is 13.4. The molecule has 0 aliphatic rings. The minimum atomic E-state index is -0.605. The van der Waals surface area contributed by atoms with Gasteiger partial charge in [0.25, 0.3) is 0 Å². The zero-order chi connectivity index (χ0) is 12.1. The Bertz CT molecular complexity index is 356. The minimum Gasteiger partial charge on any atom is -0.505 e. The van der Waals surface area contributed by atoms with Crippen LogP contribution < -0.4 is 5.90 Å². The van der Waals surface area contributed by atoms with Crippen molar-refractivity contribution in [1.29, 1.82) is 0 Å². The predicted octanol–water partition coefficient (Wildman–Crippen LogP) is 1.03. The lowest BCUT2D eigenvalue weighted by Gasteiger charge is -2.12. The lowest BCUT2D eigenvalue weighted by molar-refractivity contribution is 0.140. The van der Waals surface area contributed by atoms with Gasteiger partial charge < -0.3 is 14.8 Å². The number of benzene rings is 1. The van der Waals surface area contributed by atoms with E-state index in [-0.39, 0.29) is 12.4 Å². The summed E-state index contributed by atoms with van der Waals surface area (Å²) in [6, 6.07) is 3.10. The number of phenols is 1. The molecule has 0 radical (unpaired) electrons. The largest absolute Gasteiger partial charge is 0.505 e. The molecule has 90 valence electrons. The van der Waals surface area contributed by atoms with Gasteiger partial charge >= 0.3 is 0 Å². The fraction of sp³-hybridized carbons (Fsp3) is 0.455. The molecule has 0 aliphatic carbocycles. The van der Waals surface area contributed by atoms with Gasteiger partial charge in [0.05, 0.1) is 6.61 Å². The van der Waals surface area contributed by atoms with Crippen LogP contribution in [-0.2, 0) is 17.8 Å². The monoisotopic (exact) mass is 228 g/mol. The van der Waals surface area contributed by atoms with Crippen LogP contribution >= 0.6 is 0 Å². The number of nitrogens with two attached hydrogens (primary N) is 1. The number of hydrogen-bond acceptors (Lipinski definition) is 4. The topological polar surface area (TPSA) is 58.7 Å². The summed E-state index contributed by atoms with van der Waals surface area (Å²) in [6.45, 7) is 0.867. The van der Waals surface area contributed by atoms with Crippen LogP contribution in [0.1, 0.15) is 11.1 Å². The minimum absolute atomic E-state index is 0.248. The fourth-order valence-corrected chi connectivity index (χ4v) is 1.53. The smallest absolute Gasteiger partial charge is 0.165 e. The third-order valence-electron chi connectivity index (χ3n) is 2.19. The Hall–Kier alpha value is -1.17. The van der Waals surface area contributed by atoms with Gasteiger partial charge in [0.1, 0.15) is 0 Å². The van der Waals surface area contributed by atoms with Crippen LogP contribution in [0.25, 0.3) is 0 Å². The van der Waals surface area contributed by atoms with Gasteiger partial charge in [-0.05, 0) is 31.3 Å². The number of halogens is 1. The molecule has 1 aromatic carbocycles. The normalized spacial score (nSPS) is 11.1. The Labute approximate surface area is 94.4 Å². The molecular formula is C11H17FN2O2. The zero-order valence-electron chi connectivity index (χ0n) is 9.53. The molecule has 0 heterocycles. The van der Waals surface area contributed by atoms with Gasteiger partial charge in [-0.1, -0.05) is 6.07 Å². The van der Waals surface area contributed by atoms with Gasteiger partial charge in [0.2, 0.25) is 0 Å². The van der Waals surface area contributed by atoms with Crippen molar-refractivity contribution < 1.29 is 14.3 Å². The first-order chi connectivity index (χ1) is 7.54. The van der Waals surface area contributed by atoms with Crippen molar-refractivity contribution in [2.45, 2.75) is 13.0 Å². The molecule has 0 aliphatic heterocycles. The Kier molecular flexibility index (Phi) is 4.67. The van der Waals surface area contributed by atoms with Crippen molar-refractivity contribution in [3.63, 3.8) is 0 Å². The second-order valence-electron chi connectivity index (χ2n) is 3.94. The Morgan fingerprint density at radius 3 is 2.69 bits per heavy atom. The maximum atomic E-state index is 13.4. The number of aromatic hydroxyl groups is 1. The standard InChI is InChI=1S/C11H17FN2O2/c1-14(2)7-8-5-9(3-4-16-13)11(15)10(12)6-8/h5-6,15H,3-4,7,13H2,1-2H3. The number of hydrogen-bond donors (Lipinski definition) is 2. The van der Waals surface area contributed by atoms with Crippen LogP contribution in [0.3, 0.4) is 0 Å². The van der Waals surface area contributed by atoms with E-state index in [1.54, 1.807) is 6.07 Å². The van der Waals surface area contributed by atoms with E-state index in [1.807, 2.05) is 19.0 Å². The second kappa shape index (κ2) is 5.79. The molecule has 0 saturated heterocycles. The lowest BCUT2D eigenvalue weighted by Crippen LogP contribution is -2.11. The highest BCUT2D eigenvalue weighted by Gasteiger charge is 2.10. The predicted molar refractivity (Wildman–Crippen MR) is 59.3 cm³/mol. The first-order valence-electron chi connectivity index (χ1n) is 5.01. The highest BCUT2D eigenvalue weighted by Crippen LogP contribution is 2.24. The van der Waals surface area contributed by atoms with Gasteiger partial charge in [-0.2, -0.15) is 0 Å². The molecule has 1 rings (SSSR count). The van der Waals surface area contributed by atoms with Crippen molar-refractivity contribution in [2.75, 3.05) is 20.7 Å². The Morgan fingerprint density at radius 2 is 2.12 bits per heavy atom. The molecule has 5 heteroatoms. The Morgan fingerprint density at radius 1 is 1.44 bits per heavy atom. The van der Waals surface area contributed by atoms with Gasteiger partial charge in [-0.25, -0.2) is 10.3 Å². The van der Waals surface area contributed by atoms with Crippen molar-refractivity contribution in [3.8, 4) is 5.75 Å². The summed E-state index contributed by atoms with van der Waals surface area (Å²) in [5.41, 5.74) is 1.33. The van der Waals surface area contributed by atoms with Crippen LogP contribution in [0.2, 0.25) is 0 Å². The van der Waals surface area contributed by atoms with Crippen molar-refractivity contribution in [3.05, 3.63) is 29.1 Å². The van der Waals surface area contributed by atoms with Gasteiger partial charge in [-0.15, -0.1) is 0 Å². The molecule has 0 saturated carbocycles. The number of rotatable bonds is 5. The molecule has 0 fully saturated rings. The first kappa shape index (κ1) is 12.9. The van der Waals surface area contributed by atoms with Crippen molar-refractivity contribution in [1.82, 2.24) is 4.90 Å². The summed E-state index contributed by atoms with van der Waals surface area (Å²) in [5.74, 6) is 3.97. The van der Waals surface area contributed by atoms with Crippen LogP contribution in [0.15, 0.2) is 12.1 Å². The number of phenolic OH excluding ortho intramolecular Hbond substituents is 1. The molecule has 0 aromatic heterocycles. The quantitative estimate of drug-likeness (QED) is 0.739. The highest BCUT2D eigenvalue weighted by molar-refractivity contribution is 5.37. The van der Waals surface area contributed by atoms with E-state index in [1.165, 1.54) is 6.07 Å². The van der Waals surface area contributed by atoms with Gasteiger partial charge in [0, 0.05) is 13.0 Å². The van der Waals surface area contributed by atoms with Crippen LogP contribution in [0.4, 0.5) is 4.39 Å². The van der Waals surface area contributed by atoms with Crippen LogP contribution in [0.5, 0.6) is 5.75 Å². The summed E-state index contributed by atoms with van der Waals surface area (Å²) in [6.07, 6.45) is 0.389. The number of nitrogens with zero attached hydrogens (tertiary/aromatic N) is 1. The van der Waals surface area contributed by atoms with Crippen LogP contribution in [-0.4, -0.2) is 30.7 Å². The summed E-state index contributed by atoms with van der Waals surface area (Å²) in [5, 5.41) is 9.50. The SMILES string of the molecule is CN(C)Cc1cc(F)c(O)c(CCON)c1. The second-order valence-corrected chi connectivity index (χ2v) is 3.94. The van der Waals surface area contributed by atoms with Crippen LogP contribution in [0, 0.1) is 5.82 Å². The average Bonchev–Trinajstić information content (AvgIpc) is 2.20. The summed E-state index contributed by atoms with van der Waals surface area (Å²) >= 11 is 0. The van der Waals surface area contributed by atoms with Crippen molar-refractivity contribution in [2.24, 2.45) is 5.90 Å². The highest BCUT2D eigenvalue weighted by atomic mass is 19.1. The van der Waals surface area contributed by atoms with Crippen molar-refractivity contribution >= 4 is 0 Å². The maximum Gasteiger partial charge on any atom is 0.165 e. The van der Waals surface area contributed by atoms with E-state index in [0.29, 0.717) is 18.5 Å². The van der Waals surface area contributed by atoms with Gasteiger partial charge in [-0.3, -0.25) is 0 Å². The summed E-state index contributed by atoms with van der Waals surface area (Å²) in [7, 11) is 3.79. The average molecular weight is 228 g/mol. The lowest BCUT2D eigenvalue weighted by atomic mass is 10.1. The molecule has 4 nitrogen and oxygen atoms in total. The molecule has 0 spiro atoms. The molecular weight excluding hydrogens is 211 g/mol. The molecule has 0 unspecified atom stereocenters. The molecule has 0 atom stereocenters. The van der Waals surface area contributed by atoms with E-state index in [0.717, 1.165) is 5.56 Å². The van der Waals surface area contributed by atoms with E-state index in [9.17, 15) is 9.50 Å². The van der Waals surface area contributed by atoms with E-state index in [4.69, 9.17) is 5.90 Å². The zero-order valence-corrected chi connectivity index (χ0v) is 9.53. The molecule has 16 heavy (non-hydrogen) atoms. The summed E-state index contributed by atoms with van der Waals surface area (Å²) < 4.78 is 13.4. The molecule has 3 N–H and O–H groups in total. The molecule has 0 bridgehead atoms. The fourth-order valence-electron chi connectivity index (χ4n) is 1.53. The Balaban J connectivity index is 2.92. The van der Waals surface area contributed by atoms with E-state index < -0.39 is 5.82 Å². The third-order valence-corrected chi connectivity index (χ3v) is 2.19. The van der Waals surface area contributed by atoms with E-state index in [2.05, 4.69) is 4.84 Å². The third kappa shape index (κ3) is 3.44. The van der Waals surface area contributed by atoms with Gasteiger partial charge in [0.15, 0.2) is 11.6 Å². The molecule has 0 amide bonds. The summed E-state index contributed by atoms with van der Waals surface area (Å²) in [4.78, 5) is 6.34.